The lowest BCUT2D eigenvalue weighted by Crippen LogP contribution is -2.46. The van der Waals surface area contributed by atoms with Crippen molar-refractivity contribution in [1.29, 1.82) is 0 Å². The van der Waals surface area contributed by atoms with E-state index < -0.39 is 12.1 Å². The summed E-state index contributed by atoms with van der Waals surface area (Å²) in [6.45, 7) is 2.04. The Balaban J connectivity index is 0.000000360. The minimum atomic E-state index is -5.08. The van der Waals surface area contributed by atoms with Crippen molar-refractivity contribution in [2.75, 3.05) is 19.7 Å². The molecule has 2 saturated heterocycles. The SMILES string of the molecule is O=C(O)C(F)(F)F.O=C(c1cccnc1)N1CCC2(CC1)CC(Oc1ccccc1)CO2. The number of carboxylic acid groups (broad SMARTS) is 1. The monoisotopic (exact) mass is 452 g/mol. The maximum Gasteiger partial charge on any atom is 0.490 e. The van der Waals surface area contributed by atoms with Crippen LogP contribution in [0, 0.1) is 0 Å². The van der Waals surface area contributed by atoms with Gasteiger partial charge in [0.15, 0.2) is 0 Å². The largest absolute Gasteiger partial charge is 0.490 e. The molecule has 2 aromatic rings. The van der Waals surface area contributed by atoms with Crippen molar-refractivity contribution in [2.45, 2.75) is 37.1 Å². The van der Waals surface area contributed by atoms with Gasteiger partial charge in [-0.15, -0.1) is 0 Å². The predicted molar refractivity (Wildman–Crippen MR) is 107 cm³/mol. The minimum absolute atomic E-state index is 0.0537. The Kier molecular flexibility index (Phi) is 7.34. The van der Waals surface area contributed by atoms with Crippen molar-refractivity contribution < 1.29 is 37.3 Å². The molecule has 0 aliphatic carbocycles. The number of nitrogens with zero attached hydrogens (tertiary/aromatic N) is 2. The molecule has 1 aromatic carbocycles. The molecule has 0 saturated carbocycles. The lowest BCUT2D eigenvalue weighted by molar-refractivity contribution is -0.192. The van der Waals surface area contributed by atoms with Crippen LogP contribution in [0.1, 0.15) is 29.6 Å². The summed E-state index contributed by atoms with van der Waals surface area (Å²) in [5.74, 6) is -1.82. The summed E-state index contributed by atoms with van der Waals surface area (Å²) in [6, 6.07) is 13.5. The zero-order valence-corrected chi connectivity index (χ0v) is 17.1. The summed E-state index contributed by atoms with van der Waals surface area (Å²) in [7, 11) is 0. The van der Waals surface area contributed by atoms with Crippen molar-refractivity contribution in [3.63, 3.8) is 0 Å². The van der Waals surface area contributed by atoms with E-state index in [9.17, 15) is 18.0 Å². The number of amides is 1. The second-order valence-electron chi connectivity index (χ2n) is 7.59. The number of carbonyl (C=O) groups excluding carboxylic acids is 1. The quantitative estimate of drug-likeness (QED) is 0.766. The van der Waals surface area contributed by atoms with Gasteiger partial charge in [-0.25, -0.2) is 4.79 Å². The van der Waals surface area contributed by atoms with Gasteiger partial charge in [-0.2, -0.15) is 13.2 Å². The molecule has 2 fully saturated rings. The highest BCUT2D eigenvalue weighted by molar-refractivity contribution is 5.93. The van der Waals surface area contributed by atoms with Gasteiger partial charge in [-0.1, -0.05) is 18.2 Å². The first-order valence-electron chi connectivity index (χ1n) is 10.0. The zero-order chi connectivity index (χ0) is 23.2. The molecule has 4 rings (SSSR count). The number of pyridine rings is 1. The van der Waals surface area contributed by atoms with E-state index in [2.05, 4.69) is 4.98 Å². The Bertz CT molecular complexity index is 901. The number of alkyl halides is 3. The van der Waals surface area contributed by atoms with Crippen LogP contribution >= 0.6 is 0 Å². The van der Waals surface area contributed by atoms with Crippen molar-refractivity contribution >= 4 is 11.9 Å². The van der Waals surface area contributed by atoms with E-state index in [4.69, 9.17) is 19.4 Å². The van der Waals surface area contributed by atoms with E-state index in [0.717, 1.165) is 25.0 Å². The second kappa shape index (κ2) is 9.99. The molecule has 1 amide bonds. The van der Waals surface area contributed by atoms with Crippen LogP contribution in [0.25, 0.3) is 0 Å². The zero-order valence-electron chi connectivity index (χ0n) is 17.1. The second-order valence-corrected chi connectivity index (χ2v) is 7.59. The van der Waals surface area contributed by atoms with E-state index >= 15 is 0 Å². The standard InChI is InChI=1S/C20H22N2O3.C2HF3O2/c23-19(16-5-4-10-21-14-16)22-11-8-20(9-12-22)13-18(15-24-20)25-17-6-2-1-3-7-17;3-2(4,5)1(6)7/h1-7,10,14,18H,8-9,11-13,15H2;(H,6,7). The van der Waals surface area contributed by atoms with Crippen LogP contribution in [-0.4, -0.2) is 64.4 Å². The van der Waals surface area contributed by atoms with Gasteiger partial charge >= 0.3 is 12.1 Å². The molecule has 0 bridgehead atoms. The van der Waals surface area contributed by atoms with Crippen LogP contribution in [0.5, 0.6) is 5.75 Å². The van der Waals surface area contributed by atoms with Gasteiger partial charge in [0.2, 0.25) is 0 Å². The lowest BCUT2D eigenvalue weighted by Gasteiger charge is -2.38. The summed E-state index contributed by atoms with van der Waals surface area (Å²) in [5.41, 5.74) is 0.501. The molecule has 0 radical (unpaired) electrons. The van der Waals surface area contributed by atoms with Gasteiger partial charge in [0.25, 0.3) is 5.91 Å². The molecule has 1 atom stereocenters. The number of rotatable bonds is 3. The van der Waals surface area contributed by atoms with Crippen molar-refractivity contribution in [3.05, 3.63) is 60.4 Å². The molecular weight excluding hydrogens is 429 g/mol. The maximum atomic E-state index is 12.5. The van der Waals surface area contributed by atoms with Crippen LogP contribution < -0.4 is 4.74 Å². The molecule has 172 valence electrons. The highest BCUT2D eigenvalue weighted by Crippen LogP contribution is 2.37. The molecule has 1 aromatic heterocycles. The van der Waals surface area contributed by atoms with Crippen LogP contribution in [0.3, 0.4) is 0 Å². The number of ether oxygens (including phenoxy) is 2. The number of hydrogen-bond acceptors (Lipinski definition) is 5. The third-order valence-electron chi connectivity index (χ3n) is 5.33. The van der Waals surface area contributed by atoms with E-state index in [1.165, 1.54) is 0 Å². The van der Waals surface area contributed by atoms with Gasteiger partial charge in [0, 0.05) is 31.9 Å². The first-order valence-corrected chi connectivity index (χ1v) is 10.0. The molecule has 32 heavy (non-hydrogen) atoms. The number of hydrogen-bond donors (Lipinski definition) is 1. The third kappa shape index (κ3) is 6.19. The van der Waals surface area contributed by atoms with Crippen molar-refractivity contribution in [3.8, 4) is 5.75 Å². The Labute approximate surface area is 182 Å². The fraction of sp³-hybridized carbons (Fsp3) is 0.409. The molecular formula is C22H23F3N2O5. The average molecular weight is 452 g/mol. The summed E-state index contributed by atoms with van der Waals surface area (Å²) in [5, 5.41) is 7.12. The predicted octanol–water partition coefficient (Wildman–Crippen LogP) is 3.56. The number of halogens is 3. The van der Waals surface area contributed by atoms with E-state index in [-0.39, 0.29) is 17.6 Å². The highest BCUT2D eigenvalue weighted by Gasteiger charge is 2.44. The van der Waals surface area contributed by atoms with Crippen LogP contribution in [0.4, 0.5) is 13.2 Å². The summed E-state index contributed by atoms with van der Waals surface area (Å²) >= 11 is 0. The third-order valence-corrected chi connectivity index (χ3v) is 5.33. The van der Waals surface area contributed by atoms with E-state index in [0.29, 0.717) is 25.3 Å². The molecule has 2 aliphatic heterocycles. The molecule has 10 heteroatoms. The molecule has 1 spiro atoms. The fourth-order valence-electron chi connectivity index (χ4n) is 3.71. The van der Waals surface area contributed by atoms with E-state index in [1.54, 1.807) is 18.5 Å². The van der Waals surface area contributed by atoms with Crippen LogP contribution in [0.2, 0.25) is 0 Å². The normalized spacial score (nSPS) is 19.7. The highest BCUT2D eigenvalue weighted by atomic mass is 19.4. The first-order chi connectivity index (χ1) is 15.2. The Morgan fingerprint density at radius 1 is 1.12 bits per heavy atom. The molecule has 2 aliphatic rings. The van der Waals surface area contributed by atoms with Crippen LogP contribution in [0.15, 0.2) is 54.9 Å². The Hall–Kier alpha value is -3.14. The number of carbonyl (C=O) groups is 2. The Morgan fingerprint density at radius 3 is 2.34 bits per heavy atom. The number of carboxylic acids is 1. The van der Waals surface area contributed by atoms with E-state index in [1.807, 2.05) is 41.3 Å². The van der Waals surface area contributed by atoms with Gasteiger partial charge in [-0.05, 0) is 37.1 Å². The van der Waals surface area contributed by atoms with Crippen LogP contribution in [-0.2, 0) is 9.53 Å². The fourth-order valence-corrected chi connectivity index (χ4v) is 3.71. The smallest absolute Gasteiger partial charge is 0.488 e. The first kappa shape index (κ1) is 23.5. The summed E-state index contributed by atoms with van der Waals surface area (Å²) < 4.78 is 43.9. The van der Waals surface area contributed by atoms with Crippen molar-refractivity contribution in [2.24, 2.45) is 0 Å². The molecule has 3 heterocycles. The number of para-hydroxylation sites is 1. The molecule has 7 nitrogen and oxygen atoms in total. The summed E-state index contributed by atoms with van der Waals surface area (Å²) in [4.78, 5) is 27.4. The number of piperidine rings is 1. The maximum absolute atomic E-state index is 12.5. The lowest BCUT2D eigenvalue weighted by atomic mass is 9.87. The van der Waals surface area contributed by atoms with Gasteiger partial charge in [0.05, 0.1) is 17.8 Å². The van der Waals surface area contributed by atoms with Gasteiger partial charge in [-0.3, -0.25) is 9.78 Å². The van der Waals surface area contributed by atoms with Gasteiger partial charge in [0.1, 0.15) is 11.9 Å². The average Bonchev–Trinajstić information content (AvgIpc) is 3.16. The number of likely N-dealkylation sites (tertiary alicyclic amines) is 1. The number of aromatic nitrogens is 1. The molecule has 1 N–H and O–H groups in total. The summed E-state index contributed by atoms with van der Waals surface area (Å²) in [6.07, 6.45) is 0.907. The number of benzene rings is 1. The van der Waals surface area contributed by atoms with Gasteiger partial charge < -0.3 is 19.5 Å². The topological polar surface area (TPSA) is 89.0 Å². The Morgan fingerprint density at radius 2 is 1.78 bits per heavy atom. The van der Waals surface area contributed by atoms with Crippen molar-refractivity contribution in [1.82, 2.24) is 9.88 Å². The number of aliphatic carboxylic acids is 1. The molecule has 1 unspecified atom stereocenters. The minimum Gasteiger partial charge on any atom is -0.488 e.